The highest BCUT2D eigenvalue weighted by Gasteiger charge is 2.66. The maximum absolute atomic E-state index is 13.2. The van der Waals surface area contributed by atoms with Crippen LogP contribution < -0.4 is 5.32 Å². The fourth-order valence-corrected chi connectivity index (χ4v) is 5.41. The molecule has 5 rings (SSSR count). The molecule has 0 aromatic heterocycles. The van der Waals surface area contributed by atoms with Crippen LogP contribution in [0.2, 0.25) is 5.02 Å². The smallest absolute Gasteiger partial charge is 0.230 e. The first-order chi connectivity index (χ1) is 13.1. The minimum absolute atomic E-state index is 0.00617. The van der Waals surface area contributed by atoms with Crippen LogP contribution in [0.15, 0.2) is 36.4 Å². The molecule has 4 atom stereocenters. The molecule has 27 heavy (non-hydrogen) atoms. The fraction of sp³-hybridized carbons (Fsp3) is 0.524. The van der Waals surface area contributed by atoms with E-state index in [0.717, 1.165) is 31.2 Å². The lowest BCUT2D eigenvalue weighted by atomic mass is 9.76. The Hall–Kier alpha value is -1.85. The molecule has 6 heteroatoms. The summed E-state index contributed by atoms with van der Waals surface area (Å²) in [5, 5.41) is 3.81. The van der Waals surface area contributed by atoms with E-state index >= 15 is 0 Å². The summed E-state index contributed by atoms with van der Waals surface area (Å²) < 4.78 is 6.18. The Morgan fingerprint density at radius 1 is 1.30 bits per heavy atom. The molecule has 1 N–H and O–H groups in total. The number of nitrogens with one attached hydrogen (secondary N) is 1. The number of carbonyl (C=O) groups excluding carboxylic acids is 2. The molecule has 1 aromatic carbocycles. The van der Waals surface area contributed by atoms with Crippen LogP contribution in [0.5, 0.6) is 0 Å². The van der Waals surface area contributed by atoms with Gasteiger partial charge >= 0.3 is 0 Å². The molecule has 142 valence electrons. The number of nitrogens with zero attached hydrogens (tertiary/aromatic N) is 1. The van der Waals surface area contributed by atoms with Crippen LogP contribution in [-0.2, 0) is 20.9 Å². The van der Waals surface area contributed by atoms with Crippen molar-refractivity contribution in [2.24, 2.45) is 11.8 Å². The van der Waals surface area contributed by atoms with Gasteiger partial charge in [0.25, 0.3) is 0 Å². The predicted molar refractivity (Wildman–Crippen MR) is 101 cm³/mol. The van der Waals surface area contributed by atoms with Crippen molar-refractivity contribution in [3.63, 3.8) is 0 Å². The summed E-state index contributed by atoms with van der Waals surface area (Å²) >= 11 is 6.27. The number of hydrogen-bond donors (Lipinski definition) is 1. The highest BCUT2D eigenvalue weighted by atomic mass is 35.5. The molecule has 4 aliphatic rings. The first-order valence-corrected chi connectivity index (χ1v) is 10.1. The molecule has 5 nitrogen and oxygen atoms in total. The Labute approximate surface area is 163 Å². The predicted octanol–water partition coefficient (Wildman–Crippen LogP) is 2.68. The number of halogens is 1. The molecule has 3 fully saturated rings. The molecule has 0 radical (unpaired) electrons. The fourth-order valence-electron chi connectivity index (χ4n) is 5.21. The number of ether oxygens (including phenoxy) is 1. The van der Waals surface area contributed by atoms with E-state index in [0.29, 0.717) is 18.1 Å². The van der Waals surface area contributed by atoms with Gasteiger partial charge in [-0.2, -0.15) is 0 Å². The third-order valence-electron chi connectivity index (χ3n) is 6.50. The number of hydrogen-bond acceptors (Lipinski definition) is 3. The zero-order valence-electron chi connectivity index (χ0n) is 15.1. The number of fused-ring (bicyclic) bond motifs is 1. The van der Waals surface area contributed by atoms with Gasteiger partial charge in [-0.3, -0.25) is 9.59 Å². The van der Waals surface area contributed by atoms with E-state index in [1.54, 1.807) is 4.90 Å². The van der Waals surface area contributed by atoms with Crippen molar-refractivity contribution in [2.75, 3.05) is 6.54 Å². The maximum Gasteiger partial charge on any atom is 0.230 e. The zero-order chi connectivity index (χ0) is 18.6. The largest absolute Gasteiger partial charge is 0.360 e. The second-order valence-electron chi connectivity index (χ2n) is 8.18. The number of amides is 2. The summed E-state index contributed by atoms with van der Waals surface area (Å²) in [4.78, 5) is 28.0. The Morgan fingerprint density at radius 2 is 2.07 bits per heavy atom. The quantitative estimate of drug-likeness (QED) is 0.809. The van der Waals surface area contributed by atoms with E-state index in [-0.39, 0.29) is 24.0 Å². The number of likely N-dealkylation sites (tertiary alicyclic amines) is 1. The average molecular weight is 387 g/mol. The molecule has 1 aliphatic carbocycles. The average Bonchev–Trinajstić information content (AvgIpc) is 3.40. The van der Waals surface area contributed by atoms with Crippen molar-refractivity contribution in [1.82, 2.24) is 10.2 Å². The number of benzene rings is 1. The van der Waals surface area contributed by atoms with Gasteiger partial charge in [0.1, 0.15) is 5.60 Å². The molecule has 4 unspecified atom stereocenters. The standard InChI is InChI=1S/C21H23ClN2O3/c22-15-8-4-1-5-13(15)11-24-12-21-10-9-16(27-21)17(18(21)20(24)26)19(25)23-14-6-2-3-7-14/h1,4-5,8-10,14,16-18H,2-3,6-7,11-12H2,(H,23,25). The summed E-state index contributed by atoms with van der Waals surface area (Å²) in [5.74, 6) is -0.903. The van der Waals surface area contributed by atoms with Gasteiger partial charge < -0.3 is 15.0 Å². The van der Waals surface area contributed by atoms with Gasteiger partial charge in [-0.25, -0.2) is 0 Å². The molecule has 3 aliphatic heterocycles. The Morgan fingerprint density at radius 3 is 2.85 bits per heavy atom. The van der Waals surface area contributed by atoms with Crippen molar-refractivity contribution < 1.29 is 14.3 Å². The van der Waals surface area contributed by atoms with Crippen molar-refractivity contribution >= 4 is 23.4 Å². The molecule has 3 heterocycles. The normalized spacial score (nSPS) is 34.5. The lowest BCUT2D eigenvalue weighted by Gasteiger charge is -2.25. The lowest BCUT2D eigenvalue weighted by Crippen LogP contribution is -2.46. The highest BCUT2D eigenvalue weighted by Crippen LogP contribution is 2.52. The van der Waals surface area contributed by atoms with E-state index in [1.165, 1.54) is 0 Å². The monoisotopic (exact) mass is 386 g/mol. The molecule has 2 amide bonds. The Balaban J connectivity index is 1.37. The molecule has 2 bridgehead atoms. The van der Waals surface area contributed by atoms with E-state index in [4.69, 9.17) is 16.3 Å². The zero-order valence-corrected chi connectivity index (χ0v) is 15.8. The van der Waals surface area contributed by atoms with Crippen molar-refractivity contribution in [1.29, 1.82) is 0 Å². The van der Waals surface area contributed by atoms with E-state index in [9.17, 15) is 9.59 Å². The van der Waals surface area contributed by atoms with Gasteiger partial charge in [-0.1, -0.05) is 54.8 Å². The molecular weight excluding hydrogens is 364 g/mol. The maximum atomic E-state index is 13.2. The molecule has 1 saturated carbocycles. The van der Waals surface area contributed by atoms with Crippen LogP contribution in [0.1, 0.15) is 31.2 Å². The van der Waals surface area contributed by atoms with E-state index in [1.807, 2.05) is 36.4 Å². The Bertz CT molecular complexity index is 819. The Kier molecular flexibility index (Phi) is 4.06. The molecular formula is C21H23ClN2O3. The second kappa shape index (κ2) is 6.35. The third kappa shape index (κ3) is 2.71. The van der Waals surface area contributed by atoms with Crippen molar-refractivity contribution in [2.45, 2.75) is 50.0 Å². The van der Waals surface area contributed by atoms with Gasteiger partial charge in [0.2, 0.25) is 11.8 Å². The first-order valence-electron chi connectivity index (χ1n) is 9.77. The third-order valence-corrected chi connectivity index (χ3v) is 6.87. The topological polar surface area (TPSA) is 58.6 Å². The first kappa shape index (κ1) is 17.3. The molecule has 2 saturated heterocycles. The summed E-state index contributed by atoms with van der Waals surface area (Å²) in [5.41, 5.74) is 0.245. The van der Waals surface area contributed by atoms with Gasteiger partial charge in [0.05, 0.1) is 24.5 Å². The minimum atomic E-state index is -0.666. The van der Waals surface area contributed by atoms with Crippen LogP contribution in [0, 0.1) is 11.8 Å². The summed E-state index contributed by atoms with van der Waals surface area (Å²) in [7, 11) is 0. The summed E-state index contributed by atoms with van der Waals surface area (Å²) in [6, 6.07) is 7.80. The second-order valence-corrected chi connectivity index (χ2v) is 8.58. The summed E-state index contributed by atoms with van der Waals surface area (Å²) in [6.45, 7) is 0.914. The van der Waals surface area contributed by atoms with E-state index < -0.39 is 17.4 Å². The lowest BCUT2D eigenvalue weighted by molar-refractivity contribution is -0.138. The van der Waals surface area contributed by atoms with Crippen LogP contribution >= 0.6 is 11.6 Å². The van der Waals surface area contributed by atoms with Gasteiger partial charge in [0, 0.05) is 17.6 Å². The van der Waals surface area contributed by atoms with E-state index in [2.05, 4.69) is 5.32 Å². The number of carbonyl (C=O) groups is 2. The molecule has 1 spiro atoms. The van der Waals surface area contributed by atoms with Crippen LogP contribution in [-0.4, -0.2) is 41.0 Å². The van der Waals surface area contributed by atoms with Gasteiger partial charge in [-0.05, 0) is 24.5 Å². The van der Waals surface area contributed by atoms with Crippen molar-refractivity contribution in [3.05, 3.63) is 47.0 Å². The van der Waals surface area contributed by atoms with Crippen LogP contribution in [0.4, 0.5) is 0 Å². The SMILES string of the molecule is O=C(NC1CCCC1)C1C2C=CC3(CN(Cc4ccccc4Cl)C(=O)C13)O2. The van der Waals surface area contributed by atoms with Gasteiger partial charge in [-0.15, -0.1) is 0 Å². The minimum Gasteiger partial charge on any atom is -0.360 e. The van der Waals surface area contributed by atoms with Crippen molar-refractivity contribution in [3.8, 4) is 0 Å². The number of rotatable bonds is 4. The van der Waals surface area contributed by atoms with Gasteiger partial charge in [0.15, 0.2) is 0 Å². The van der Waals surface area contributed by atoms with Crippen LogP contribution in [0.3, 0.4) is 0 Å². The van der Waals surface area contributed by atoms with Crippen LogP contribution in [0.25, 0.3) is 0 Å². The highest BCUT2D eigenvalue weighted by molar-refractivity contribution is 6.31. The molecule has 1 aromatic rings. The summed E-state index contributed by atoms with van der Waals surface area (Å²) in [6.07, 6.45) is 8.04.